The Kier molecular flexibility index (Phi) is 5.38. The van der Waals surface area contributed by atoms with Gasteiger partial charge in [-0.15, -0.1) is 0 Å². The van der Waals surface area contributed by atoms with Gasteiger partial charge in [-0.1, -0.05) is 71.8 Å². The Labute approximate surface area is 171 Å². The van der Waals surface area contributed by atoms with Crippen molar-refractivity contribution < 1.29 is 0 Å². The van der Waals surface area contributed by atoms with E-state index in [-0.39, 0.29) is 12.5 Å². The second-order valence-corrected chi connectivity index (χ2v) is 7.77. The number of rotatable bonds is 4. The van der Waals surface area contributed by atoms with Crippen LogP contribution in [-0.4, -0.2) is 11.2 Å². The monoisotopic (exact) mass is 392 g/mol. The fourth-order valence-corrected chi connectivity index (χ4v) is 3.85. The Balaban J connectivity index is 1.67. The van der Waals surface area contributed by atoms with Gasteiger partial charge in [0.25, 0.3) is 0 Å². The third kappa shape index (κ3) is 3.77. The minimum Gasteiger partial charge on any atom is -0.339 e. The van der Waals surface area contributed by atoms with Crippen LogP contribution in [0.5, 0.6) is 0 Å². The molecule has 2 unspecified atom stereocenters. The molecule has 3 aromatic rings. The smallest absolute Gasteiger partial charge is 0.136 e. The van der Waals surface area contributed by atoms with Crippen molar-refractivity contribution in [1.82, 2.24) is 4.90 Å². The molecule has 0 bridgehead atoms. The SMILES string of the molecule is Cc1ccc(CN2c3ccccc3C(N)N(Cc3ccc(Cl)cc3)C2N)cc1. The van der Waals surface area contributed by atoms with E-state index in [1.165, 1.54) is 11.1 Å². The van der Waals surface area contributed by atoms with Crippen molar-refractivity contribution in [3.8, 4) is 0 Å². The average molecular weight is 393 g/mol. The number of aryl methyl sites for hydroxylation is 1. The van der Waals surface area contributed by atoms with E-state index in [4.69, 9.17) is 23.1 Å². The average Bonchev–Trinajstić information content (AvgIpc) is 2.71. The molecule has 0 aromatic heterocycles. The minimum absolute atomic E-state index is 0.267. The maximum atomic E-state index is 6.73. The molecule has 3 aromatic carbocycles. The molecule has 4 rings (SSSR count). The van der Waals surface area contributed by atoms with Gasteiger partial charge >= 0.3 is 0 Å². The number of nitrogens with zero attached hydrogens (tertiary/aromatic N) is 2. The van der Waals surface area contributed by atoms with Crippen molar-refractivity contribution in [2.45, 2.75) is 32.5 Å². The maximum Gasteiger partial charge on any atom is 0.136 e. The highest BCUT2D eigenvalue weighted by atomic mass is 35.5. The zero-order valence-electron chi connectivity index (χ0n) is 15.9. The topological polar surface area (TPSA) is 58.5 Å². The molecule has 4 nitrogen and oxygen atoms in total. The van der Waals surface area contributed by atoms with E-state index in [1.54, 1.807) is 0 Å². The van der Waals surface area contributed by atoms with E-state index in [0.29, 0.717) is 6.54 Å². The zero-order chi connectivity index (χ0) is 19.7. The van der Waals surface area contributed by atoms with Gasteiger partial charge in [-0.3, -0.25) is 5.73 Å². The first-order chi connectivity index (χ1) is 13.5. The van der Waals surface area contributed by atoms with Gasteiger partial charge in [-0.25, -0.2) is 4.90 Å². The van der Waals surface area contributed by atoms with Gasteiger partial charge in [0.05, 0.1) is 6.17 Å². The summed E-state index contributed by atoms with van der Waals surface area (Å²) in [6, 6.07) is 24.7. The molecule has 4 N–H and O–H groups in total. The Bertz CT molecular complexity index is 940. The van der Waals surface area contributed by atoms with Crippen LogP contribution in [0.25, 0.3) is 0 Å². The summed E-state index contributed by atoms with van der Waals surface area (Å²) in [7, 11) is 0. The van der Waals surface area contributed by atoms with Crippen LogP contribution >= 0.6 is 11.6 Å². The molecule has 1 heterocycles. The number of para-hydroxylation sites is 1. The first-order valence-corrected chi connectivity index (χ1v) is 9.83. The van der Waals surface area contributed by atoms with E-state index in [0.717, 1.165) is 28.4 Å². The van der Waals surface area contributed by atoms with Gasteiger partial charge in [-0.2, -0.15) is 0 Å². The highest BCUT2D eigenvalue weighted by Crippen LogP contribution is 2.36. The molecule has 0 saturated heterocycles. The van der Waals surface area contributed by atoms with Crippen LogP contribution in [0.15, 0.2) is 72.8 Å². The minimum atomic E-state index is -0.332. The summed E-state index contributed by atoms with van der Waals surface area (Å²) >= 11 is 6.03. The number of fused-ring (bicyclic) bond motifs is 1. The second-order valence-electron chi connectivity index (χ2n) is 7.33. The fraction of sp³-hybridized carbons (Fsp3) is 0.217. The highest BCUT2D eigenvalue weighted by molar-refractivity contribution is 6.30. The Hall–Kier alpha value is -2.37. The van der Waals surface area contributed by atoms with E-state index in [9.17, 15) is 0 Å². The number of nitrogens with two attached hydrogens (primary N) is 2. The molecule has 0 fully saturated rings. The molecule has 2 atom stereocenters. The molecule has 0 radical (unpaired) electrons. The number of halogens is 1. The number of benzene rings is 3. The van der Waals surface area contributed by atoms with Crippen LogP contribution in [0.4, 0.5) is 5.69 Å². The third-order valence-electron chi connectivity index (χ3n) is 5.33. The van der Waals surface area contributed by atoms with Crippen LogP contribution in [0.2, 0.25) is 5.02 Å². The predicted molar refractivity (Wildman–Crippen MR) is 116 cm³/mol. The van der Waals surface area contributed by atoms with Gasteiger partial charge < -0.3 is 10.6 Å². The molecule has 1 aliphatic rings. The molecule has 144 valence electrons. The standard InChI is InChI=1S/C23H25ClN4/c1-16-6-8-17(9-7-16)14-27-21-5-3-2-4-20(21)22(25)28(23(27)26)15-18-10-12-19(24)13-11-18/h2-13,22-23H,14-15,25-26H2,1H3. The molecule has 0 saturated carbocycles. The normalized spacial score (nSPS) is 19.5. The number of hydrogen-bond donors (Lipinski definition) is 2. The number of anilines is 1. The molecule has 0 spiro atoms. The van der Waals surface area contributed by atoms with Crippen LogP contribution in [0.1, 0.15) is 28.4 Å². The van der Waals surface area contributed by atoms with Crippen molar-refractivity contribution in [3.63, 3.8) is 0 Å². The van der Waals surface area contributed by atoms with Crippen molar-refractivity contribution in [2.24, 2.45) is 11.5 Å². The lowest BCUT2D eigenvalue weighted by Gasteiger charge is -2.47. The van der Waals surface area contributed by atoms with Crippen molar-refractivity contribution >= 4 is 17.3 Å². The molecular weight excluding hydrogens is 368 g/mol. The van der Waals surface area contributed by atoms with Gasteiger partial charge in [0.2, 0.25) is 0 Å². The fourth-order valence-electron chi connectivity index (χ4n) is 3.73. The largest absolute Gasteiger partial charge is 0.339 e. The van der Waals surface area contributed by atoms with Crippen LogP contribution in [0.3, 0.4) is 0 Å². The molecular formula is C23H25ClN4. The Morgan fingerprint density at radius 2 is 1.43 bits per heavy atom. The zero-order valence-corrected chi connectivity index (χ0v) is 16.7. The van der Waals surface area contributed by atoms with Crippen LogP contribution in [-0.2, 0) is 13.1 Å². The summed E-state index contributed by atoms with van der Waals surface area (Å²) in [5.74, 6) is 0. The van der Waals surface area contributed by atoms with Crippen LogP contribution in [0, 0.1) is 6.92 Å². The van der Waals surface area contributed by atoms with Gasteiger partial charge in [0.1, 0.15) is 6.29 Å². The molecule has 28 heavy (non-hydrogen) atoms. The molecule has 0 aliphatic carbocycles. The Morgan fingerprint density at radius 3 is 2.14 bits per heavy atom. The third-order valence-corrected chi connectivity index (χ3v) is 5.59. The summed E-state index contributed by atoms with van der Waals surface area (Å²) in [6.07, 6.45) is -0.599. The lowest BCUT2D eigenvalue weighted by Crippen LogP contribution is -2.59. The molecule has 5 heteroatoms. The quantitative estimate of drug-likeness (QED) is 0.692. The maximum absolute atomic E-state index is 6.73. The van der Waals surface area contributed by atoms with E-state index < -0.39 is 0 Å². The Morgan fingerprint density at radius 1 is 0.821 bits per heavy atom. The first-order valence-electron chi connectivity index (χ1n) is 9.45. The number of hydrogen-bond acceptors (Lipinski definition) is 4. The summed E-state index contributed by atoms with van der Waals surface area (Å²) in [6.45, 7) is 3.47. The molecule has 1 aliphatic heterocycles. The van der Waals surface area contributed by atoms with E-state index in [1.807, 2.05) is 36.4 Å². The van der Waals surface area contributed by atoms with Gasteiger partial charge in [0.15, 0.2) is 0 Å². The summed E-state index contributed by atoms with van der Waals surface area (Å²) in [5, 5.41) is 0.724. The first kappa shape index (κ1) is 19.0. The van der Waals surface area contributed by atoms with Crippen molar-refractivity contribution in [2.75, 3.05) is 4.90 Å². The second kappa shape index (κ2) is 7.94. The summed E-state index contributed by atoms with van der Waals surface area (Å²) in [5.41, 5.74) is 19.1. The highest BCUT2D eigenvalue weighted by Gasteiger charge is 2.35. The van der Waals surface area contributed by atoms with Crippen LogP contribution < -0.4 is 16.4 Å². The molecule has 0 amide bonds. The van der Waals surface area contributed by atoms with Crippen molar-refractivity contribution in [1.29, 1.82) is 0 Å². The van der Waals surface area contributed by atoms with Gasteiger partial charge in [-0.05, 0) is 36.2 Å². The summed E-state index contributed by atoms with van der Waals surface area (Å²) < 4.78 is 0. The lowest BCUT2D eigenvalue weighted by molar-refractivity contribution is 0.112. The van der Waals surface area contributed by atoms with Gasteiger partial charge in [0, 0.05) is 29.4 Å². The van der Waals surface area contributed by atoms with Crippen molar-refractivity contribution in [3.05, 3.63) is 100 Å². The summed E-state index contributed by atoms with van der Waals surface area (Å²) in [4.78, 5) is 4.35. The predicted octanol–water partition coefficient (Wildman–Crippen LogP) is 4.37. The van der Waals surface area contributed by atoms with E-state index in [2.05, 4.69) is 53.1 Å². The lowest BCUT2D eigenvalue weighted by atomic mass is 10.0. The van der Waals surface area contributed by atoms with E-state index >= 15 is 0 Å².